The van der Waals surface area contributed by atoms with E-state index in [1.807, 2.05) is 0 Å². The van der Waals surface area contributed by atoms with Gasteiger partial charge in [-0.25, -0.2) is 4.98 Å². The van der Waals surface area contributed by atoms with Crippen LogP contribution in [0.25, 0.3) is 11.3 Å². The van der Waals surface area contributed by atoms with Crippen LogP contribution in [0.4, 0.5) is 19.0 Å². The third-order valence-corrected chi connectivity index (χ3v) is 3.09. The number of anilines is 1. The van der Waals surface area contributed by atoms with Gasteiger partial charge in [-0.3, -0.25) is 0 Å². The minimum atomic E-state index is -4.43. The Morgan fingerprint density at radius 2 is 1.91 bits per heavy atom. The van der Waals surface area contributed by atoms with E-state index in [-0.39, 0.29) is 11.5 Å². The summed E-state index contributed by atoms with van der Waals surface area (Å²) in [5.41, 5.74) is 0.785. The minimum absolute atomic E-state index is 0.241. The lowest BCUT2D eigenvalue weighted by molar-refractivity contribution is -0.137. The van der Waals surface area contributed by atoms with Gasteiger partial charge in [-0.15, -0.1) is 0 Å². The summed E-state index contributed by atoms with van der Waals surface area (Å²) in [5.74, 6) is 0.241. The first-order chi connectivity index (χ1) is 10.8. The average molecular weight is 323 g/mol. The standard InChI is InChI=1S/C16H16F3N3O/c1-22(2)15-9-13(16(17,18)19)8-14(21-15)12-6-4-5-11(7-12)10-20-23-3/h4-10H,1-3H3/b20-10+. The van der Waals surface area contributed by atoms with Crippen molar-refractivity contribution in [2.24, 2.45) is 5.16 Å². The van der Waals surface area contributed by atoms with Crippen molar-refractivity contribution in [2.75, 3.05) is 26.1 Å². The van der Waals surface area contributed by atoms with Crippen LogP contribution >= 0.6 is 0 Å². The molecule has 4 nitrogen and oxygen atoms in total. The molecule has 1 aromatic carbocycles. The van der Waals surface area contributed by atoms with Gasteiger partial charge < -0.3 is 9.74 Å². The molecule has 0 N–H and O–H groups in total. The Hall–Kier alpha value is -2.57. The molecule has 23 heavy (non-hydrogen) atoms. The van der Waals surface area contributed by atoms with Crippen molar-refractivity contribution >= 4 is 12.0 Å². The molecule has 0 aliphatic heterocycles. The van der Waals surface area contributed by atoms with Crippen molar-refractivity contribution in [2.45, 2.75) is 6.18 Å². The van der Waals surface area contributed by atoms with Crippen molar-refractivity contribution in [1.82, 2.24) is 4.98 Å². The Labute approximate surface area is 132 Å². The Kier molecular flexibility index (Phi) is 4.88. The van der Waals surface area contributed by atoms with Crippen LogP contribution in [0.3, 0.4) is 0 Å². The molecule has 0 bridgehead atoms. The van der Waals surface area contributed by atoms with E-state index in [2.05, 4.69) is 15.0 Å². The fourth-order valence-electron chi connectivity index (χ4n) is 1.95. The van der Waals surface area contributed by atoms with Gasteiger partial charge in [0.05, 0.1) is 17.5 Å². The monoisotopic (exact) mass is 323 g/mol. The summed E-state index contributed by atoms with van der Waals surface area (Å²) in [6.45, 7) is 0. The zero-order valence-electron chi connectivity index (χ0n) is 12.9. The van der Waals surface area contributed by atoms with Crippen LogP contribution in [0.5, 0.6) is 0 Å². The average Bonchev–Trinajstić information content (AvgIpc) is 2.52. The molecule has 0 saturated heterocycles. The molecule has 1 heterocycles. The summed E-state index contributed by atoms with van der Waals surface area (Å²) >= 11 is 0. The summed E-state index contributed by atoms with van der Waals surface area (Å²) in [6.07, 6.45) is -2.96. The molecule has 0 aliphatic carbocycles. The highest BCUT2D eigenvalue weighted by atomic mass is 19.4. The first kappa shape index (κ1) is 16.8. The first-order valence-corrected chi connectivity index (χ1v) is 6.75. The van der Waals surface area contributed by atoms with Gasteiger partial charge in [-0.2, -0.15) is 13.2 Å². The molecule has 0 radical (unpaired) electrons. The highest BCUT2D eigenvalue weighted by Gasteiger charge is 2.32. The molecule has 0 unspecified atom stereocenters. The fraction of sp³-hybridized carbons (Fsp3) is 0.250. The summed E-state index contributed by atoms with van der Waals surface area (Å²) in [5, 5.41) is 3.65. The van der Waals surface area contributed by atoms with E-state index < -0.39 is 11.7 Å². The molecule has 0 amide bonds. The summed E-state index contributed by atoms with van der Waals surface area (Å²) in [7, 11) is 4.71. The highest BCUT2D eigenvalue weighted by Crippen LogP contribution is 2.33. The Morgan fingerprint density at radius 3 is 2.52 bits per heavy atom. The predicted octanol–water partition coefficient (Wildman–Crippen LogP) is 3.81. The molecule has 0 atom stereocenters. The van der Waals surface area contributed by atoms with E-state index in [9.17, 15) is 13.2 Å². The topological polar surface area (TPSA) is 37.7 Å². The number of aromatic nitrogens is 1. The number of rotatable bonds is 4. The molecule has 0 saturated carbocycles. The van der Waals surface area contributed by atoms with E-state index in [0.29, 0.717) is 11.1 Å². The number of halogens is 3. The van der Waals surface area contributed by atoms with Crippen molar-refractivity contribution in [3.8, 4) is 11.3 Å². The highest BCUT2D eigenvalue weighted by molar-refractivity contribution is 5.82. The quantitative estimate of drug-likeness (QED) is 0.634. The molecule has 1 aromatic heterocycles. The number of alkyl halides is 3. The van der Waals surface area contributed by atoms with E-state index >= 15 is 0 Å². The van der Waals surface area contributed by atoms with Crippen molar-refractivity contribution in [1.29, 1.82) is 0 Å². The van der Waals surface area contributed by atoms with Crippen LogP contribution in [0.15, 0.2) is 41.6 Å². The number of hydrogen-bond donors (Lipinski definition) is 0. The molecular weight excluding hydrogens is 307 g/mol. The van der Waals surface area contributed by atoms with Gasteiger partial charge in [0, 0.05) is 19.7 Å². The van der Waals surface area contributed by atoms with E-state index in [1.54, 1.807) is 38.4 Å². The minimum Gasteiger partial charge on any atom is -0.399 e. The third kappa shape index (κ3) is 4.21. The van der Waals surface area contributed by atoms with Crippen LogP contribution in [0, 0.1) is 0 Å². The Bertz CT molecular complexity index is 712. The second kappa shape index (κ2) is 6.68. The maximum atomic E-state index is 13.1. The SMILES string of the molecule is CO/N=C/c1cccc(-c2cc(C(F)(F)F)cc(N(C)C)n2)c1. The second-order valence-corrected chi connectivity index (χ2v) is 5.03. The van der Waals surface area contributed by atoms with Gasteiger partial charge in [0.2, 0.25) is 0 Å². The van der Waals surface area contributed by atoms with Gasteiger partial charge in [0.15, 0.2) is 0 Å². The van der Waals surface area contributed by atoms with E-state index in [0.717, 1.165) is 12.1 Å². The molecule has 0 spiro atoms. The smallest absolute Gasteiger partial charge is 0.399 e. The maximum absolute atomic E-state index is 13.1. The normalized spacial score (nSPS) is 11.7. The van der Waals surface area contributed by atoms with Crippen molar-refractivity contribution in [3.63, 3.8) is 0 Å². The lowest BCUT2D eigenvalue weighted by Crippen LogP contribution is -2.14. The Balaban J connectivity index is 2.54. The number of oxime groups is 1. The molecule has 2 aromatic rings. The van der Waals surface area contributed by atoms with Crippen LogP contribution in [0.2, 0.25) is 0 Å². The number of nitrogens with zero attached hydrogens (tertiary/aromatic N) is 3. The molecule has 7 heteroatoms. The van der Waals surface area contributed by atoms with Crippen molar-refractivity contribution < 1.29 is 18.0 Å². The number of hydrogen-bond acceptors (Lipinski definition) is 4. The third-order valence-electron chi connectivity index (χ3n) is 3.09. The van der Waals surface area contributed by atoms with Crippen LogP contribution in [0.1, 0.15) is 11.1 Å². The second-order valence-electron chi connectivity index (χ2n) is 5.03. The summed E-state index contributed by atoms with van der Waals surface area (Å²) in [6, 6.07) is 8.96. The van der Waals surface area contributed by atoms with Gasteiger partial charge >= 0.3 is 6.18 Å². The van der Waals surface area contributed by atoms with Crippen LogP contribution in [-0.2, 0) is 11.0 Å². The van der Waals surface area contributed by atoms with E-state index in [1.165, 1.54) is 18.2 Å². The predicted molar refractivity (Wildman–Crippen MR) is 83.6 cm³/mol. The van der Waals surface area contributed by atoms with Crippen LogP contribution in [-0.4, -0.2) is 32.4 Å². The van der Waals surface area contributed by atoms with Gasteiger partial charge in [0.25, 0.3) is 0 Å². The zero-order valence-corrected chi connectivity index (χ0v) is 12.9. The van der Waals surface area contributed by atoms with Crippen LogP contribution < -0.4 is 4.90 Å². The lowest BCUT2D eigenvalue weighted by atomic mass is 10.1. The van der Waals surface area contributed by atoms with Gasteiger partial charge in [0.1, 0.15) is 12.9 Å². The first-order valence-electron chi connectivity index (χ1n) is 6.75. The van der Waals surface area contributed by atoms with Gasteiger partial charge in [-0.1, -0.05) is 23.4 Å². The molecule has 2 rings (SSSR count). The number of pyridine rings is 1. The maximum Gasteiger partial charge on any atom is 0.416 e. The summed E-state index contributed by atoms with van der Waals surface area (Å²) in [4.78, 5) is 10.4. The molecule has 0 fully saturated rings. The fourth-order valence-corrected chi connectivity index (χ4v) is 1.95. The lowest BCUT2D eigenvalue weighted by Gasteiger charge is -2.16. The largest absolute Gasteiger partial charge is 0.416 e. The molecular formula is C16H16F3N3O. The Morgan fingerprint density at radius 1 is 1.17 bits per heavy atom. The molecule has 0 aliphatic rings. The molecule has 122 valence electrons. The summed E-state index contributed by atoms with van der Waals surface area (Å²) < 4.78 is 39.3. The zero-order chi connectivity index (χ0) is 17.0. The number of benzene rings is 1. The van der Waals surface area contributed by atoms with Crippen molar-refractivity contribution in [3.05, 3.63) is 47.5 Å². The van der Waals surface area contributed by atoms with Gasteiger partial charge in [-0.05, 0) is 23.8 Å². The van der Waals surface area contributed by atoms with E-state index in [4.69, 9.17) is 0 Å².